The summed E-state index contributed by atoms with van der Waals surface area (Å²) in [4.78, 5) is 11.2. The second-order valence-electron chi connectivity index (χ2n) is 2.72. The molecule has 0 rings (SSSR count). The Bertz CT molecular complexity index is 130. The van der Waals surface area contributed by atoms with E-state index in [1.54, 1.807) is 7.11 Å². The van der Waals surface area contributed by atoms with Gasteiger partial charge in [-0.1, -0.05) is 13.8 Å². The first-order valence-electron chi connectivity index (χ1n) is 4.31. The topological polar surface area (TPSA) is 35.5 Å². The number of rotatable bonds is 5. The zero-order chi connectivity index (χ0) is 9.56. The molecule has 0 radical (unpaired) electrons. The molecule has 0 aliphatic rings. The summed E-state index contributed by atoms with van der Waals surface area (Å²) in [6, 6.07) is 0. The van der Waals surface area contributed by atoms with E-state index in [1.165, 1.54) is 7.11 Å². The highest BCUT2D eigenvalue weighted by Crippen LogP contribution is 2.16. The van der Waals surface area contributed by atoms with Crippen molar-refractivity contribution in [3.05, 3.63) is 0 Å². The van der Waals surface area contributed by atoms with E-state index in [0.717, 1.165) is 12.8 Å². The molecular formula is C9H18O3. The van der Waals surface area contributed by atoms with Crippen molar-refractivity contribution in [2.45, 2.75) is 32.8 Å². The SMILES string of the molecule is CCC(OC)C(CC)C(=O)OC. The number of carbonyl (C=O) groups excluding carboxylic acids is 1. The van der Waals surface area contributed by atoms with Gasteiger partial charge >= 0.3 is 5.97 Å². The van der Waals surface area contributed by atoms with Crippen LogP contribution in [0.2, 0.25) is 0 Å². The summed E-state index contributed by atoms with van der Waals surface area (Å²) in [5.74, 6) is -0.295. The highest BCUT2D eigenvalue weighted by atomic mass is 16.5. The average Bonchev–Trinajstić information content (AvgIpc) is 2.12. The first-order chi connectivity index (χ1) is 5.71. The Labute approximate surface area is 74.0 Å². The Hall–Kier alpha value is -0.570. The van der Waals surface area contributed by atoms with Crippen LogP contribution in [0.25, 0.3) is 0 Å². The van der Waals surface area contributed by atoms with Gasteiger partial charge in [0.2, 0.25) is 0 Å². The van der Waals surface area contributed by atoms with E-state index < -0.39 is 0 Å². The molecule has 0 spiro atoms. The van der Waals surface area contributed by atoms with Crippen LogP contribution in [0, 0.1) is 5.92 Å². The molecule has 0 saturated carbocycles. The zero-order valence-corrected chi connectivity index (χ0v) is 8.29. The lowest BCUT2D eigenvalue weighted by atomic mass is 9.97. The Kier molecular flexibility index (Phi) is 5.72. The predicted molar refractivity (Wildman–Crippen MR) is 46.9 cm³/mol. The standard InChI is InChI=1S/C9H18O3/c1-5-7(9(10)12-4)8(6-2)11-3/h7-8H,5-6H2,1-4H3. The number of carbonyl (C=O) groups is 1. The molecule has 0 aliphatic heterocycles. The molecule has 12 heavy (non-hydrogen) atoms. The molecule has 3 nitrogen and oxygen atoms in total. The van der Waals surface area contributed by atoms with Crippen molar-refractivity contribution in [2.24, 2.45) is 5.92 Å². The van der Waals surface area contributed by atoms with Crippen LogP contribution in [0.15, 0.2) is 0 Å². The van der Waals surface area contributed by atoms with Crippen molar-refractivity contribution in [1.29, 1.82) is 0 Å². The van der Waals surface area contributed by atoms with Crippen LogP contribution in [-0.4, -0.2) is 26.3 Å². The fourth-order valence-corrected chi connectivity index (χ4v) is 1.35. The van der Waals surface area contributed by atoms with Gasteiger partial charge in [-0.3, -0.25) is 4.79 Å². The van der Waals surface area contributed by atoms with Gasteiger partial charge < -0.3 is 9.47 Å². The summed E-state index contributed by atoms with van der Waals surface area (Å²) in [6.07, 6.45) is 1.59. The van der Waals surface area contributed by atoms with E-state index in [9.17, 15) is 4.79 Å². The van der Waals surface area contributed by atoms with Gasteiger partial charge in [-0.05, 0) is 12.8 Å². The second kappa shape index (κ2) is 6.00. The van der Waals surface area contributed by atoms with Crippen LogP contribution >= 0.6 is 0 Å². The molecule has 0 heterocycles. The number of ether oxygens (including phenoxy) is 2. The molecule has 0 aromatic rings. The molecule has 3 heteroatoms. The third-order valence-corrected chi connectivity index (χ3v) is 2.10. The van der Waals surface area contributed by atoms with E-state index in [1.807, 2.05) is 13.8 Å². The van der Waals surface area contributed by atoms with Gasteiger partial charge in [0.1, 0.15) is 0 Å². The fourth-order valence-electron chi connectivity index (χ4n) is 1.35. The van der Waals surface area contributed by atoms with Gasteiger partial charge in [0.05, 0.1) is 19.1 Å². The summed E-state index contributed by atoms with van der Waals surface area (Å²) in [7, 11) is 3.03. The number of methoxy groups -OCH3 is 2. The van der Waals surface area contributed by atoms with E-state index in [2.05, 4.69) is 4.74 Å². The second-order valence-corrected chi connectivity index (χ2v) is 2.72. The van der Waals surface area contributed by atoms with Crippen molar-refractivity contribution in [2.75, 3.05) is 14.2 Å². The smallest absolute Gasteiger partial charge is 0.311 e. The summed E-state index contributed by atoms with van der Waals surface area (Å²) < 4.78 is 9.84. The average molecular weight is 174 g/mol. The van der Waals surface area contributed by atoms with Crippen LogP contribution in [-0.2, 0) is 14.3 Å². The van der Waals surface area contributed by atoms with E-state index >= 15 is 0 Å². The van der Waals surface area contributed by atoms with Crippen molar-refractivity contribution in [1.82, 2.24) is 0 Å². The first-order valence-corrected chi connectivity index (χ1v) is 4.31. The molecule has 0 aromatic carbocycles. The summed E-state index contributed by atoms with van der Waals surface area (Å²) in [5, 5.41) is 0. The number of hydrogen-bond acceptors (Lipinski definition) is 3. The molecule has 2 atom stereocenters. The maximum atomic E-state index is 11.2. The highest BCUT2D eigenvalue weighted by molar-refractivity contribution is 5.72. The molecule has 72 valence electrons. The van der Waals surface area contributed by atoms with Crippen LogP contribution in [0.3, 0.4) is 0 Å². The van der Waals surface area contributed by atoms with Gasteiger partial charge in [-0.25, -0.2) is 0 Å². The maximum Gasteiger partial charge on any atom is 0.311 e. The molecule has 0 amide bonds. The molecule has 0 bridgehead atoms. The lowest BCUT2D eigenvalue weighted by molar-refractivity contribution is -0.150. The molecule has 0 saturated heterocycles. The van der Waals surface area contributed by atoms with Crippen LogP contribution in [0.4, 0.5) is 0 Å². The maximum absolute atomic E-state index is 11.2. The highest BCUT2D eigenvalue weighted by Gasteiger charge is 2.25. The lowest BCUT2D eigenvalue weighted by Crippen LogP contribution is -2.29. The Balaban J connectivity index is 4.19. The number of hydrogen-bond donors (Lipinski definition) is 0. The van der Waals surface area contributed by atoms with Crippen molar-refractivity contribution < 1.29 is 14.3 Å². The quantitative estimate of drug-likeness (QED) is 0.594. The number of esters is 1. The molecule has 0 N–H and O–H groups in total. The van der Waals surface area contributed by atoms with Crippen LogP contribution < -0.4 is 0 Å². The monoisotopic (exact) mass is 174 g/mol. The van der Waals surface area contributed by atoms with Crippen molar-refractivity contribution in [3.63, 3.8) is 0 Å². The van der Waals surface area contributed by atoms with Gasteiger partial charge in [0.15, 0.2) is 0 Å². The predicted octanol–water partition coefficient (Wildman–Crippen LogP) is 1.61. The van der Waals surface area contributed by atoms with E-state index in [0.29, 0.717) is 0 Å². The van der Waals surface area contributed by atoms with Gasteiger partial charge in [-0.15, -0.1) is 0 Å². The third kappa shape index (κ3) is 2.81. The molecule has 0 aromatic heterocycles. The van der Waals surface area contributed by atoms with E-state index in [4.69, 9.17) is 4.74 Å². The largest absolute Gasteiger partial charge is 0.469 e. The molecule has 2 unspecified atom stereocenters. The minimum absolute atomic E-state index is 0.0116. The summed E-state index contributed by atoms with van der Waals surface area (Å²) >= 11 is 0. The summed E-state index contributed by atoms with van der Waals surface area (Å²) in [5.41, 5.74) is 0. The van der Waals surface area contributed by atoms with Crippen LogP contribution in [0.5, 0.6) is 0 Å². The van der Waals surface area contributed by atoms with Gasteiger partial charge in [0, 0.05) is 7.11 Å². The van der Waals surface area contributed by atoms with Crippen molar-refractivity contribution in [3.8, 4) is 0 Å². The Morgan fingerprint density at radius 2 is 1.83 bits per heavy atom. The minimum atomic E-state index is -0.175. The summed E-state index contributed by atoms with van der Waals surface area (Å²) in [6.45, 7) is 3.96. The zero-order valence-electron chi connectivity index (χ0n) is 8.29. The van der Waals surface area contributed by atoms with Crippen molar-refractivity contribution >= 4 is 5.97 Å². The van der Waals surface area contributed by atoms with Gasteiger partial charge in [0.25, 0.3) is 0 Å². The molecule has 0 fully saturated rings. The minimum Gasteiger partial charge on any atom is -0.469 e. The van der Waals surface area contributed by atoms with Crippen LogP contribution in [0.1, 0.15) is 26.7 Å². The fraction of sp³-hybridized carbons (Fsp3) is 0.889. The normalized spacial score (nSPS) is 15.3. The first kappa shape index (κ1) is 11.4. The van der Waals surface area contributed by atoms with E-state index in [-0.39, 0.29) is 18.0 Å². The molecule has 0 aliphatic carbocycles. The Morgan fingerprint density at radius 3 is 2.08 bits per heavy atom. The third-order valence-electron chi connectivity index (χ3n) is 2.10. The Morgan fingerprint density at radius 1 is 1.25 bits per heavy atom. The molecular weight excluding hydrogens is 156 g/mol. The lowest BCUT2D eigenvalue weighted by Gasteiger charge is -2.21. The van der Waals surface area contributed by atoms with Gasteiger partial charge in [-0.2, -0.15) is 0 Å².